The Morgan fingerprint density at radius 1 is 1.00 bits per heavy atom. The van der Waals surface area contributed by atoms with Crippen LogP contribution in [0.2, 0.25) is 0 Å². The molecule has 0 aliphatic rings. The van der Waals surface area contributed by atoms with E-state index in [2.05, 4.69) is 18.7 Å². The Morgan fingerprint density at radius 3 is 2.00 bits per heavy atom. The first-order valence-electron chi connectivity index (χ1n) is 6.92. The molecule has 0 amide bonds. The number of nitrogens with one attached hydrogen (secondary N) is 1. The second kappa shape index (κ2) is 8.30. The van der Waals surface area contributed by atoms with Crippen molar-refractivity contribution in [3.8, 4) is 0 Å². The summed E-state index contributed by atoms with van der Waals surface area (Å²) < 4.78 is 24.4. The Hall–Kier alpha value is -0.910. The number of hydrogen-bond acceptors (Lipinski definition) is 3. The topological polar surface area (TPSA) is 49.4 Å². The average Bonchev–Trinajstić information content (AvgIpc) is 2.42. The molecule has 1 aromatic rings. The summed E-state index contributed by atoms with van der Waals surface area (Å²) >= 11 is 0. The van der Waals surface area contributed by atoms with Crippen molar-refractivity contribution in [3.05, 3.63) is 30.3 Å². The maximum absolute atomic E-state index is 12.2. The number of benzene rings is 1. The molecular weight excluding hydrogens is 260 g/mol. The van der Waals surface area contributed by atoms with Gasteiger partial charge in [0.1, 0.15) is 0 Å². The highest BCUT2D eigenvalue weighted by Gasteiger charge is 2.17. The van der Waals surface area contributed by atoms with Gasteiger partial charge in [0, 0.05) is 13.1 Å². The number of unbranched alkanes of at least 4 members (excludes halogenated alkanes) is 2. The highest BCUT2D eigenvalue weighted by molar-refractivity contribution is 7.89. The zero-order chi connectivity index (χ0) is 14.1. The van der Waals surface area contributed by atoms with Crippen molar-refractivity contribution in [1.29, 1.82) is 0 Å². The van der Waals surface area contributed by atoms with Crippen LogP contribution in [0.25, 0.3) is 0 Å². The van der Waals surface area contributed by atoms with Crippen LogP contribution in [0, 0.1) is 0 Å². The molecule has 4 nitrogen and oxygen atoms in total. The third kappa shape index (κ3) is 5.72. The van der Waals surface area contributed by atoms with Crippen molar-refractivity contribution in [2.45, 2.75) is 44.4 Å². The maximum atomic E-state index is 12.2. The van der Waals surface area contributed by atoms with Crippen molar-refractivity contribution >= 4 is 10.0 Å². The minimum atomic E-state index is -3.44. The molecule has 0 unspecified atom stereocenters. The minimum Gasteiger partial charge on any atom is -0.230 e. The first kappa shape index (κ1) is 16.1. The standard InChI is InChI=1S/C14H24N2O2S/c1-3-5-12-16(13-6-4-2)15-19(17,18)14-10-8-7-9-11-14/h7-11,15H,3-6,12-13H2,1-2H3. The summed E-state index contributed by atoms with van der Waals surface area (Å²) in [5.41, 5.74) is 0. The Morgan fingerprint density at radius 2 is 1.53 bits per heavy atom. The Labute approximate surface area is 116 Å². The summed E-state index contributed by atoms with van der Waals surface area (Å²) in [6.45, 7) is 5.71. The molecule has 0 spiro atoms. The van der Waals surface area contributed by atoms with Crippen LogP contribution in [0.5, 0.6) is 0 Å². The molecule has 108 valence electrons. The van der Waals surface area contributed by atoms with Crippen LogP contribution < -0.4 is 4.83 Å². The summed E-state index contributed by atoms with van der Waals surface area (Å²) in [6.07, 6.45) is 4.08. The summed E-state index contributed by atoms with van der Waals surface area (Å²) in [7, 11) is -3.44. The van der Waals surface area contributed by atoms with Gasteiger partial charge in [-0.25, -0.2) is 13.4 Å². The maximum Gasteiger partial charge on any atom is 0.253 e. The van der Waals surface area contributed by atoms with Gasteiger partial charge in [-0.1, -0.05) is 44.9 Å². The molecular formula is C14H24N2O2S. The van der Waals surface area contributed by atoms with Gasteiger partial charge in [0.25, 0.3) is 10.0 Å². The van der Waals surface area contributed by atoms with E-state index in [0.717, 1.165) is 38.8 Å². The number of nitrogens with zero attached hydrogens (tertiary/aromatic N) is 1. The van der Waals surface area contributed by atoms with E-state index in [1.165, 1.54) is 0 Å². The van der Waals surface area contributed by atoms with Crippen LogP contribution in [0.4, 0.5) is 0 Å². The fraction of sp³-hybridized carbons (Fsp3) is 0.571. The lowest BCUT2D eigenvalue weighted by molar-refractivity contribution is 0.233. The van der Waals surface area contributed by atoms with Gasteiger partial charge in [-0.2, -0.15) is 0 Å². The van der Waals surface area contributed by atoms with Crippen molar-refractivity contribution in [2.24, 2.45) is 0 Å². The van der Waals surface area contributed by atoms with E-state index in [0.29, 0.717) is 4.90 Å². The van der Waals surface area contributed by atoms with Crippen LogP contribution in [-0.2, 0) is 10.0 Å². The smallest absolute Gasteiger partial charge is 0.230 e. The summed E-state index contributed by atoms with van der Waals surface area (Å²) in [4.78, 5) is 3.00. The van der Waals surface area contributed by atoms with Gasteiger partial charge in [0.05, 0.1) is 4.90 Å². The molecule has 0 atom stereocenters. The van der Waals surface area contributed by atoms with E-state index in [9.17, 15) is 8.42 Å². The zero-order valence-electron chi connectivity index (χ0n) is 11.8. The Bertz CT molecular complexity index is 438. The van der Waals surface area contributed by atoms with E-state index in [1.807, 2.05) is 11.1 Å². The lowest BCUT2D eigenvalue weighted by Gasteiger charge is -2.22. The van der Waals surface area contributed by atoms with Crippen LogP contribution in [-0.4, -0.2) is 26.5 Å². The van der Waals surface area contributed by atoms with Crippen molar-refractivity contribution < 1.29 is 8.42 Å². The van der Waals surface area contributed by atoms with E-state index >= 15 is 0 Å². The van der Waals surface area contributed by atoms with Gasteiger partial charge in [0.15, 0.2) is 0 Å². The normalized spacial score (nSPS) is 11.9. The predicted octanol–water partition coefficient (Wildman–Crippen LogP) is 2.78. The van der Waals surface area contributed by atoms with E-state index < -0.39 is 10.0 Å². The predicted molar refractivity (Wildman–Crippen MR) is 78.2 cm³/mol. The zero-order valence-corrected chi connectivity index (χ0v) is 12.6. The van der Waals surface area contributed by atoms with Crippen LogP contribution in [0.3, 0.4) is 0 Å². The molecule has 1 N–H and O–H groups in total. The molecule has 1 rings (SSSR count). The molecule has 0 saturated carbocycles. The Kier molecular flexibility index (Phi) is 7.05. The van der Waals surface area contributed by atoms with Crippen LogP contribution >= 0.6 is 0 Å². The molecule has 0 heterocycles. The highest BCUT2D eigenvalue weighted by Crippen LogP contribution is 2.08. The number of hydrazine groups is 1. The quantitative estimate of drug-likeness (QED) is 0.709. The summed E-state index contributed by atoms with van der Waals surface area (Å²) in [5.74, 6) is 0. The molecule has 0 aliphatic heterocycles. The molecule has 0 fully saturated rings. The molecule has 0 radical (unpaired) electrons. The van der Waals surface area contributed by atoms with Crippen molar-refractivity contribution in [3.63, 3.8) is 0 Å². The minimum absolute atomic E-state index is 0.313. The molecule has 0 bridgehead atoms. The Balaban J connectivity index is 2.71. The second-order valence-corrected chi connectivity index (χ2v) is 6.26. The molecule has 0 saturated heterocycles. The van der Waals surface area contributed by atoms with Crippen molar-refractivity contribution in [2.75, 3.05) is 13.1 Å². The summed E-state index contributed by atoms with van der Waals surface area (Å²) in [6, 6.07) is 8.50. The van der Waals surface area contributed by atoms with Gasteiger partial charge in [-0.15, -0.1) is 4.83 Å². The van der Waals surface area contributed by atoms with Crippen LogP contribution in [0.1, 0.15) is 39.5 Å². The summed E-state index contributed by atoms with van der Waals surface area (Å²) in [5, 5.41) is 1.81. The first-order chi connectivity index (χ1) is 9.10. The van der Waals surface area contributed by atoms with Gasteiger partial charge in [-0.05, 0) is 25.0 Å². The van der Waals surface area contributed by atoms with Gasteiger partial charge in [-0.3, -0.25) is 0 Å². The SMILES string of the molecule is CCCCN(CCCC)NS(=O)(=O)c1ccccc1. The second-order valence-electron chi connectivity index (χ2n) is 4.60. The lowest BCUT2D eigenvalue weighted by atomic mass is 10.3. The fourth-order valence-corrected chi connectivity index (χ4v) is 2.87. The average molecular weight is 284 g/mol. The third-order valence-corrected chi connectivity index (χ3v) is 4.26. The van der Waals surface area contributed by atoms with Crippen molar-refractivity contribution in [1.82, 2.24) is 9.84 Å². The van der Waals surface area contributed by atoms with Gasteiger partial charge >= 0.3 is 0 Å². The first-order valence-corrected chi connectivity index (χ1v) is 8.41. The number of sulfonamides is 1. The number of rotatable bonds is 9. The van der Waals surface area contributed by atoms with E-state index in [4.69, 9.17) is 0 Å². The van der Waals surface area contributed by atoms with Gasteiger partial charge in [0.2, 0.25) is 0 Å². The number of hydrogen-bond donors (Lipinski definition) is 1. The van der Waals surface area contributed by atoms with E-state index in [1.54, 1.807) is 24.3 Å². The van der Waals surface area contributed by atoms with Gasteiger partial charge < -0.3 is 0 Å². The highest BCUT2D eigenvalue weighted by atomic mass is 32.2. The third-order valence-electron chi connectivity index (χ3n) is 2.87. The fourth-order valence-electron chi connectivity index (χ4n) is 1.72. The monoisotopic (exact) mass is 284 g/mol. The lowest BCUT2D eigenvalue weighted by Crippen LogP contribution is -2.43. The molecule has 19 heavy (non-hydrogen) atoms. The van der Waals surface area contributed by atoms with E-state index in [-0.39, 0.29) is 0 Å². The largest absolute Gasteiger partial charge is 0.253 e. The molecule has 0 aliphatic carbocycles. The molecule has 5 heteroatoms. The molecule has 1 aromatic carbocycles. The molecule has 0 aromatic heterocycles. The van der Waals surface area contributed by atoms with Crippen LogP contribution in [0.15, 0.2) is 35.2 Å².